The third kappa shape index (κ3) is 61.9. The van der Waals surface area contributed by atoms with Crippen LogP contribution in [-0.4, -0.2) is 73.4 Å². The van der Waals surface area contributed by atoms with E-state index in [2.05, 4.69) is 55.6 Å². The number of amides is 1. The Morgan fingerprint density at radius 3 is 1.08 bits per heavy atom. The van der Waals surface area contributed by atoms with E-state index in [1.165, 1.54) is 257 Å². The smallest absolute Gasteiger partial charge is 0.387 e. The Balaban J connectivity index is 3.97. The van der Waals surface area contributed by atoms with E-state index in [0.29, 0.717) is 17.4 Å². The van der Waals surface area contributed by atoms with E-state index < -0.39 is 20.0 Å². The molecule has 3 N–H and O–H groups in total. The van der Waals surface area contributed by atoms with Gasteiger partial charge in [0.15, 0.2) is 0 Å². The molecule has 0 heterocycles. The lowest BCUT2D eigenvalue weighted by Gasteiger charge is -2.25. The molecule has 0 aromatic carbocycles. The zero-order valence-electron chi connectivity index (χ0n) is 52.0. The number of quaternary nitrogens is 1. The minimum absolute atomic E-state index is 0.0630. The maximum absolute atomic E-state index is 13.0. The Bertz CT molecular complexity index is 1390. The topological polar surface area (TPSA) is 105 Å². The van der Waals surface area contributed by atoms with Crippen molar-refractivity contribution in [2.45, 2.75) is 341 Å². The predicted octanol–water partition coefficient (Wildman–Crippen LogP) is 21.1. The first kappa shape index (κ1) is 75.5. The van der Waals surface area contributed by atoms with Crippen LogP contribution in [0.1, 0.15) is 328 Å². The van der Waals surface area contributed by atoms with Crippen molar-refractivity contribution in [2.24, 2.45) is 0 Å². The number of allylic oxidation sites excluding steroid dienone is 7. The summed E-state index contributed by atoms with van der Waals surface area (Å²) in [6, 6.07) is -0.846. The van der Waals surface area contributed by atoms with Crippen molar-refractivity contribution >= 4 is 13.7 Å². The maximum atomic E-state index is 13.0. The van der Waals surface area contributed by atoms with Gasteiger partial charge in [0.2, 0.25) is 5.91 Å². The van der Waals surface area contributed by atoms with Crippen LogP contribution in [0, 0.1) is 0 Å². The van der Waals surface area contributed by atoms with Gasteiger partial charge in [-0.15, -0.1) is 0 Å². The van der Waals surface area contributed by atoms with Crippen LogP contribution in [0.15, 0.2) is 48.6 Å². The van der Waals surface area contributed by atoms with Crippen LogP contribution in [0.4, 0.5) is 0 Å². The van der Waals surface area contributed by atoms with Crippen LogP contribution in [0.3, 0.4) is 0 Å². The number of aliphatic hydroxyl groups is 1. The Morgan fingerprint density at radius 1 is 0.442 bits per heavy atom. The molecule has 0 saturated heterocycles. The first-order valence-corrected chi connectivity index (χ1v) is 35.0. The average Bonchev–Trinajstić information content (AvgIpc) is 3.39. The van der Waals surface area contributed by atoms with Gasteiger partial charge in [-0.05, 0) is 57.8 Å². The van der Waals surface area contributed by atoms with Crippen LogP contribution in [-0.2, 0) is 18.4 Å². The predicted molar refractivity (Wildman–Crippen MR) is 337 cm³/mol. The Hall–Kier alpha value is -1.54. The highest BCUT2D eigenvalue weighted by molar-refractivity contribution is 7.47. The highest BCUT2D eigenvalue weighted by atomic mass is 31.2. The molecular formula is C68H132N2O6P+. The lowest BCUT2D eigenvalue weighted by Crippen LogP contribution is -2.45. The molecule has 0 aromatic heterocycles. The number of carbonyl (C=O) groups is 1. The minimum Gasteiger partial charge on any atom is -0.387 e. The number of rotatable bonds is 62. The average molecular weight is 1100 g/mol. The fourth-order valence-electron chi connectivity index (χ4n) is 10.1. The second-order valence-corrected chi connectivity index (χ2v) is 25.7. The molecule has 0 bridgehead atoms. The molecule has 0 aliphatic rings. The second kappa shape index (κ2) is 59.1. The SMILES string of the molecule is CCCCCCC/C=C\C/C=C\C/C=C\CCCCCCCCCCCCCCCCCCCCCCCCC(=O)NC(COP(=O)(O)OCC[N+](C)(C)C)C(O)/C=C/CCCCCCCCCCCCCCCCCC. The van der Waals surface area contributed by atoms with E-state index >= 15 is 0 Å². The quantitative estimate of drug-likeness (QED) is 0.0243. The largest absolute Gasteiger partial charge is 0.472 e. The van der Waals surface area contributed by atoms with Gasteiger partial charge in [0.25, 0.3) is 0 Å². The van der Waals surface area contributed by atoms with Crippen molar-refractivity contribution in [3.05, 3.63) is 48.6 Å². The first-order valence-electron chi connectivity index (χ1n) is 33.5. The zero-order chi connectivity index (χ0) is 56.3. The van der Waals surface area contributed by atoms with E-state index in [9.17, 15) is 19.4 Å². The fourth-order valence-corrected chi connectivity index (χ4v) is 10.8. The van der Waals surface area contributed by atoms with E-state index in [1.54, 1.807) is 6.08 Å². The number of phosphoric ester groups is 1. The summed E-state index contributed by atoms with van der Waals surface area (Å²) in [5, 5.41) is 14.0. The number of unbranched alkanes of at least 4 members (excludes halogenated alkanes) is 43. The summed E-state index contributed by atoms with van der Waals surface area (Å²) >= 11 is 0. The van der Waals surface area contributed by atoms with Gasteiger partial charge in [0.05, 0.1) is 39.9 Å². The molecule has 3 unspecified atom stereocenters. The summed E-state index contributed by atoms with van der Waals surface area (Å²) in [4.78, 5) is 23.4. The molecule has 0 spiro atoms. The highest BCUT2D eigenvalue weighted by Gasteiger charge is 2.28. The van der Waals surface area contributed by atoms with Crippen molar-refractivity contribution in [3.63, 3.8) is 0 Å². The van der Waals surface area contributed by atoms with Gasteiger partial charge in [-0.2, -0.15) is 0 Å². The van der Waals surface area contributed by atoms with Crippen molar-refractivity contribution in [1.82, 2.24) is 5.32 Å². The van der Waals surface area contributed by atoms with Crippen LogP contribution >= 0.6 is 7.82 Å². The summed E-state index contributed by atoms with van der Waals surface area (Å²) in [6.07, 6.45) is 79.6. The molecule has 1 amide bonds. The highest BCUT2D eigenvalue weighted by Crippen LogP contribution is 2.43. The third-order valence-corrected chi connectivity index (χ3v) is 16.3. The number of nitrogens with one attached hydrogen (secondary N) is 1. The normalized spacial score (nSPS) is 14.0. The Morgan fingerprint density at radius 2 is 0.740 bits per heavy atom. The van der Waals surface area contributed by atoms with Gasteiger partial charge >= 0.3 is 7.82 Å². The molecule has 454 valence electrons. The Kier molecular flexibility index (Phi) is 57.9. The van der Waals surface area contributed by atoms with Gasteiger partial charge in [-0.25, -0.2) is 4.57 Å². The number of phosphoric acid groups is 1. The first-order chi connectivity index (χ1) is 37.5. The molecule has 0 aromatic rings. The van der Waals surface area contributed by atoms with Crippen LogP contribution < -0.4 is 5.32 Å². The molecule has 8 nitrogen and oxygen atoms in total. The van der Waals surface area contributed by atoms with Gasteiger partial charge in [-0.3, -0.25) is 13.8 Å². The monoisotopic (exact) mass is 1100 g/mol. The minimum atomic E-state index is -4.35. The Labute approximate surface area is 479 Å². The van der Waals surface area contributed by atoms with E-state index in [4.69, 9.17) is 9.05 Å². The lowest BCUT2D eigenvalue weighted by molar-refractivity contribution is -0.870. The molecule has 9 heteroatoms. The van der Waals surface area contributed by atoms with E-state index in [1.807, 2.05) is 27.2 Å². The van der Waals surface area contributed by atoms with Crippen molar-refractivity contribution in [2.75, 3.05) is 40.9 Å². The lowest BCUT2D eigenvalue weighted by atomic mass is 10.0. The number of hydrogen-bond acceptors (Lipinski definition) is 5. The molecule has 0 radical (unpaired) electrons. The number of hydrogen-bond donors (Lipinski definition) is 3. The van der Waals surface area contributed by atoms with Crippen molar-refractivity contribution < 1.29 is 32.9 Å². The third-order valence-electron chi connectivity index (χ3n) is 15.3. The molecule has 0 rings (SSSR count). The molecule has 0 aliphatic carbocycles. The number of carbonyl (C=O) groups excluding carboxylic acids is 1. The molecule has 77 heavy (non-hydrogen) atoms. The number of nitrogens with zero attached hydrogens (tertiary/aromatic N) is 1. The number of aliphatic hydroxyl groups excluding tert-OH is 1. The maximum Gasteiger partial charge on any atom is 0.472 e. The molecule has 3 atom stereocenters. The zero-order valence-corrected chi connectivity index (χ0v) is 52.9. The van der Waals surface area contributed by atoms with Gasteiger partial charge in [0.1, 0.15) is 13.2 Å². The van der Waals surface area contributed by atoms with Gasteiger partial charge < -0.3 is 19.8 Å². The molecular weight excluding hydrogens is 972 g/mol. The van der Waals surface area contributed by atoms with Gasteiger partial charge in [0, 0.05) is 6.42 Å². The second-order valence-electron chi connectivity index (χ2n) is 24.2. The van der Waals surface area contributed by atoms with Crippen molar-refractivity contribution in [1.29, 1.82) is 0 Å². The number of likely N-dealkylation sites (N-methyl/N-ethyl adjacent to an activating group) is 1. The van der Waals surface area contributed by atoms with Gasteiger partial charge in [-0.1, -0.05) is 313 Å². The van der Waals surface area contributed by atoms with Crippen LogP contribution in [0.5, 0.6) is 0 Å². The van der Waals surface area contributed by atoms with E-state index in [0.717, 1.165) is 51.4 Å². The summed E-state index contributed by atoms with van der Waals surface area (Å²) in [5.41, 5.74) is 0. The summed E-state index contributed by atoms with van der Waals surface area (Å²) in [5.74, 6) is -0.171. The standard InChI is InChI=1S/C68H131N2O6P/c1-6-8-10-12-14-16-18-20-22-24-26-27-28-29-30-31-32-33-34-35-36-37-38-39-40-41-42-43-44-46-48-50-52-54-56-58-60-62-68(72)69-66(65-76-77(73,74)75-64-63-70(3,4)5)67(71)61-59-57-55-53-51-49-47-45-25-23-21-19-17-15-13-11-9-7-2/h18,20,24,26,28-29,59,61,66-67,71H,6-17,19,21-23,25,27,30-58,60,62-65H2,1-5H3,(H-,69,72,73,74)/p+1/b20-18-,26-24-,29-28-,61-59+. The molecule has 0 aliphatic heterocycles. The fraction of sp³-hybridized carbons (Fsp3) is 0.868. The van der Waals surface area contributed by atoms with Crippen LogP contribution in [0.25, 0.3) is 0 Å². The summed E-state index contributed by atoms with van der Waals surface area (Å²) < 4.78 is 23.8. The molecule has 0 fully saturated rings. The van der Waals surface area contributed by atoms with Crippen LogP contribution in [0.2, 0.25) is 0 Å². The van der Waals surface area contributed by atoms with Crippen molar-refractivity contribution in [3.8, 4) is 0 Å². The summed E-state index contributed by atoms with van der Waals surface area (Å²) in [6.45, 7) is 4.84. The summed E-state index contributed by atoms with van der Waals surface area (Å²) in [7, 11) is 1.59. The van der Waals surface area contributed by atoms with E-state index in [-0.39, 0.29) is 19.1 Å². The molecule has 0 saturated carbocycles.